The third-order valence-corrected chi connectivity index (χ3v) is 5.32. The second-order valence-electron chi connectivity index (χ2n) is 6.26. The van der Waals surface area contributed by atoms with Crippen LogP contribution in [-0.4, -0.2) is 35.2 Å². The summed E-state index contributed by atoms with van der Waals surface area (Å²) in [4.78, 5) is 15.5. The lowest BCUT2D eigenvalue weighted by molar-refractivity contribution is -0.120. The molecular weight excluding hydrogens is 332 g/mol. The molecule has 0 unspecified atom stereocenters. The molecule has 1 amide bonds. The summed E-state index contributed by atoms with van der Waals surface area (Å²) in [5.41, 5.74) is 2.14. The van der Waals surface area contributed by atoms with Gasteiger partial charge in [-0.05, 0) is 23.4 Å². The zero-order valence-electron chi connectivity index (χ0n) is 13.8. The van der Waals surface area contributed by atoms with Crippen molar-refractivity contribution in [3.8, 4) is 11.3 Å². The van der Waals surface area contributed by atoms with Crippen LogP contribution in [0.15, 0.2) is 53.9 Å². The highest BCUT2D eigenvalue weighted by Crippen LogP contribution is 2.24. The second kappa shape index (κ2) is 7.11. The fourth-order valence-corrected chi connectivity index (χ4v) is 3.88. The van der Waals surface area contributed by atoms with Crippen molar-refractivity contribution >= 4 is 23.1 Å². The van der Waals surface area contributed by atoms with E-state index in [1.165, 1.54) is 0 Å². The smallest absolute Gasteiger partial charge is 0.225 e. The molecule has 3 heterocycles. The van der Waals surface area contributed by atoms with E-state index in [1.807, 2.05) is 35.7 Å². The number of hydrogen-bond acceptors (Lipinski definition) is 4. The van der Waals surface area contributed by atoms with Crippen LogP contribution >= 0.6 is 11.3 Å². The molecule has 25 heavy (non-hydrogen) atoms. The van der Waals surface area contributed by atoms with Gasteiger partial charge in [0.05, 0.1) is 12.1 Å². The molecule has 0 radical (unpaired) electrons. The SMILES string of the molecule is O=C(Cc1cccs1)N[C@H]1CCN(c2cc(-c3ccccc3)[nH]n2)C1. The summed E-state index contributed by atoms with van der Waals surface area (Å²) in [5.74, 6) is 1.04. The third-order valence-electron chi connectivity index (χ3n) is 4.44. The molecule has 1 atom stereocenters. The first-order valence-electron chi connectivity index (χ1n) is 8.45. The van der Waals surface area contributed by atoms with Gasteiger partial charge in [-0.3, -0.25) is 9.89 Å². The van der Waals surface area contributed by atoms with Gasteiger partial charge in [0.15, 0.2) is 5.82 Å². The molecule has 2 aromatic heterocycles. The van der Waals surface area contributed by atoms with E-state index in [2.05, 4.69) is 38.6 Å². The molecule has 0 spiro atoms. The molecule has 1 fully saturated rings. The van der Waals surface area contributed by atoms with Gasteiger partial charge >= 0.3 is 0 Å². The van der Waals surface area contributed by atoms with Crippen LogP contribution in [-0.2, 0) is 11.2 Å². The number of aromatic nitrogens is 2. The molecule has 0 aliphatic carbocycles. The number of amides is 1. The number of benzene rings is 1. The highest BCUT2D eigenvalue weighted by Gasteiger charge is 2.25. The molecule has 3 aromatic rings. The van der Waals surface area contributed by atoms with Gasteiger partial charge < -0.3 is 10.2 Å². The third kappa shape index (κ3) is 3.74. The lowest BCUT2D eigenvalue weighted by Gasteiger charge is -2.16. The minimum atomic E-state index is 0.0984. The summed E-state index contributed by atoms with van der Waals surface area (Å²) in [6.07, 6.45) is 1.42. The quantitative estimate of drug-likeness (QED) is 0.742. The normalized spacial score (nSPS) is 17.0. The van der Waals surface area contributed by atoms with E-state index in [4.69, 9.17) is 0 Å². The van der Waals surface area contributed by atoms with E-state index in [0.29, 0.717) is 6.42 Å². The molecule has 0 bridgehead atoms. The van der Waals surface area contributed by atoms with Crippen LogP contribution in [0.25, 0.3) is 11.3 Å². The first-order chi connectivity index (χ1) is 12.3. The van der Waals surface area contributed by atoms with Crippen molar-refractivity contribution in [2.24, 2.45) is 0 Å². The van der Waals surface area contributed by atoms with Crippen molar-refractivity contribution in [2.75, 3.05) is 18.0 Å². The van der Waals surface area contributed by atoms with Gasteiger partial charge in [0.1, 0.15) is 0 Å². The molecule has 128 valence electrons. The van der Waals surface area contributed by atoms with Crippen LogP contribution in [0.3, 0.4) is 0 Å². The van der Waals surface area contributed by atoms with Gasteiger partial charge in [0, 0.05) is 30.1 Å². The largest absolute Gasteiger partial charge is 0.353 e. The number of hydrogen-bond donors (Lipinski definition) is 2. The first-order valence-corrected chi connectivity index (χ1v) is 9.33. The summed E-state index contributed by atoms with van der Waals surface area (Å²) in [6.45, 7) is 1.71. The number of carbonyl (C=O) groups excluding carboxylic acids is 1. The zero-order valence-corrected chi connectivity index (χ0v) is 14.6. The first kappa shape index (κ1) is 15.9. The molecule has 1 aliphatic heterocycles. The minimum absolute atomic E-state index is 0.0984. The van der Waals surface area contributed by atoms with Crippen LogP contribution in [0, 0.1) is 0 Å². The lowest BCUT2D eigenvalue weighted by Crippen LogP contribution is -2.37. The lowest BCUT2D eigenvalue weighted by atomic mass is 10.1. The number of aromatic amines is 1. The van der Waals surface area contributed by atoms with E-state index in [-0.39, 0.29) is 11.9 Å². The Labute approximate surface area is 150 Å². The summed E-state index contributed by atoms with van der Waals surface area (Å²) in [6, 6.07) is 16.4. The van der Waals surface area contributed by atoms with Crippen LogP contribution in [0.4, 0.5) is 5.82 Å². The fraction of sp³-hybridized carbons (Fsp3) is 0.263. The number of carbonyl (C=O) groups is 1. The van der Waals surface area contributed by atoms with Crippen LogP contribution in [0.1, 0.15) is 11.3 Å². The van der Waals surface area contributed by atoms with E-state index >= 15 is 0 Å². The number of rotatable bonds is 5. The maximum Gasteiger partial charge on any atom is 0.225 e. The summed E-state index contributed by atoms with van der Waals surface area (Å²) in [5, 5.41) is 12.7. The Balaban J connectivity index is 1.35. The van der Waals surface area contributed by atoms with Gasteiger partial charge in [-0.1, -0.05) is 36.4 Å². The summed E-state index contributed by atoms with van der Waals surface area (Å²) >= 11 is 1.62. The molecular formula is C19H20N4OS. The molecule has 5 nitrogen and oxygen atoms in total. The van der Waals surface area contributed by atoms with Gasteiger partial charge in [-0.15, -0.1) is 11.3 Å². The monoisotopic (exact) mass is 352 g/mol. The van der Waals surface area contributed by atoms with Gasteiger partial charge in [0.2, 0.25) is 5.91 Å². The highest BCUT2D eigenvalue weighted by molar-refractivity contribution is 7.10. The van der Waals surface area contributed by atoms with Crippen LogP contribution < -0.4 is 10.2 Å². The van der Waals surface area contributed by atoms with E-state index in [9.17, 15) is 4.79 Å². The predicted octanol–water partition coefficient (Wildman–Crippen LogP) is 3.08. The van der Waals surface area contributed by atoms with E-state index in [1.54, 1.807) is 11.3 Å². The Morgan fingerprint density at radius 3 is 2.96 bits per heavy atom. The molecule has 0 saturated carbocycles. The van der Waals surface area contributed by atoms with Crippen molar-refractivity contribution in [1.82, 2.24) is 15.5 Å². The molecule has 4 rings (SSSR count). The fourth-order valence-electron chi connectivity index (χ4n) is 3.18. The van der Waals surface area contributed by atoms with Crippen LogP contribution in [0.5, 0.6) is 0 Å². The Kier molecular flexibility index (Phi) is 4.52. The topological polar surface area (TPSA) is 61.0 Å². The second-order valence-corrected chi connectivity index (χ2v) is 7.29. The molecule has 2 N–H and O–H groups in total. The summed E-state index contributed by atoms with van der Waals surface area (Å²) < 4.78 is 0. The average molecular weight is 352 g/mol. The standard InChI is InChI=1S/C19H20N4OS/c24-19(11-16-7-4-10-25-16)20-15-8-9-23(13-15)18-12-17(21-22-18)14-5-2-1-3-6-14/h1-7,10,12,15H,8-9,11,13H2,(H,20,24)(H,21,22)/t15-/m0/s1. The van der Waals surface area contributed by atoms with Crippen molar-refractivity contribution in [3.63, 3.8) is 0 Å². The van der Waals surface area contributed by atoms with Gasteiger partial charge in [0.25, 0.3) is 0 Å². The average Bonchev–Trinajstić information content (AvgIpc) is 3.37. The molecule has 1 saturated heterocycles. The number of thiophene rings is 1. The number of nitrogens with one attached hydrogen (secondary N) is 2. The zero-order chi connectivity index (χ0) is 17.1. The molecule has 1 aliphatic rings. The van der Waals surface area contributed by atoms with Crippen LogP contribution in [0.2, 0.25) is 0 Å². The molecule has 1 aromatic carbocycles. The summed E-state index contributed by atoms with van der Waals surface area (Å²) in [7, 11) is 0. The van der Waals surface area contributed by atoms with Crippen molar-refractivity contribution in [2.45, 2.75) is 18.9 Å². The van der Waals surface area contributed by atoms with Gasteiger partial charge in [-0.2, -0.15) is 5.10 Å². The predicted molar refractivity (Wildman–Crippen MR) is 101 cm³/mol. The Bertz CT molecular complexity index is 828. The maximum absolute atomic E-state index is 12.2. The van der Waals surface area contributed by atoms with Crippen molar-refractivity contribution in [3.05, 3.63) is 58.8 Å². The van der Waals surface area contributed by atoms with E-state index < -0.39 is 0 Å². The number of nitrogens with zero attached hydrogens (tertiary/aromatic N) is 2. The van der Waals surface area contributed by atoms with Gasteiger partial charge in [-0.25, -0.2) is 0 Å². The number of anilines is 1. The number of H-pyrrole nitrogens is 1. The minimum Gasteiger partial charge on any atom is -0.353 e. The van der Waals surface area contributed by atoms with Crippen molar-refractivity contribution < 1.29 is 4.79 Å². The van der Waals surface area contributed by atoms with E-state index in [0.717, 1.165) is 41.5 Å². The highest BCUT2D eigenvalue weighted by atomic mass is 32.1. The Hall–Kier alpha value is -2.60. The molecule has 6 heteroatoms. The Morgan fingerprint density at radius 2 is 2.16 bits per heavy atom. The Morgan fingerprint density at radius 1 is 1.28 bits per heavy atom. The van der Waals surface area contributed by atoms with Crippen molar-refractivity contribution in [1.29, 1.82) is 0 Å². The maximum atomic E-state index is 12.2.